The smallest absolute Gasteiger partial charge is 0.327 e. The number of carboxylic acids is 1. The molecular formula is C22H32O5S. The summed E-state index contributed by atoms with van der Waals surface area (Å²) in [6, 6.07) is 8.12. The van der Waals surface area contributed by atoms with Crippen LogP contribution in [-0.4, -0.2) is 55.7 Å². The van der Waals surface area contributed by atoms with E-state index in [2.05, 4.69) is 0 Å². The van der Waals surface area contributed by atoms with Crippen LogP contribution in [0, 0.1) is 12.8 Å². The van der Waals surface area contributed by atoms with Crippen LogP contribution in [0.1, 0.15) is 43.2 Å². The van der Waals surface area contributed by atoms with E-state index in [1.54, 1.807) is 17.8 Å². The van der Waals surface area contributed by atoms with Crippen LogP contribution >= 0.6 is 11.8 Å². The van der Waals surface area contributed by atoms with Gasteiger partial charge in [-0.3, -0.25) is 0 Å². The Hall–Kier alpha value is -1.34. The van der Waals surface area contributed by atoms with Crippen LogP contribution in [0.25, 0.3) is 0 Å². The SMILES string of the molecule is Cc1ccc(CC(O)CS[C@H]2C(O)CC(O)[C@@H]2CCCCC=CC(=O)O)cc1. The summed E-state index contributed by atoms with van der Waals surface area (Å²) in [5, 5.41) is 39.5. The lowest BCUT2D eigenvalue weighted by molar-refractivity contribution is -0.131. The highest BCUT2D eigenvalue weighted by Crippen LogP contribution is 2.39. The van der Waals surface area contributed by atoms with E-state index < -0.39 is 24.3 Å². The van der Waals surface area contributed by atoms with E-state index in [0.29, 0.717) is 25.0 Å². The Morgan fingerprint density at radius 1 is 1.21 bits per heavy atom. The zero-order chi connectivity index (χ0) is 20.5. The van der Waals surface area contributed by atoms with Crippen molar-refractivity contribution in [3.63, 3.8) is 0 Å². The molecule has 6 heteroatoms. The second-order valence-electron chi connectivity index (χ2n) is 7.70. The summed E-state index contributed by atoms with van der Waals surface area (Å²) in [4.78, 5) is 10.4. The molecule has 0 saturated heterocycles. The van der Waals surface area contributed by atoms with Crippen molar-refractivity contribution in [1.82, 2.24) is 0 Å². The van der Waals surface area contributed by atoms with E-state index in [4.69, 9.17) is 5.11 Å². The number of aryl methyl sites for hydroxylation is 1. The molecule has 1 aromatic carbocycles. The van der Waals surface area contributed by atoms with E-state index in [1.165, 1.54) is 5.56 Å². The highest BCUT2D eigenvalue weighted by Gasteiger charge is 2.41. The third-order valence-corrected chi connectivity index (χ3v) is 6.90. The monoisotopic (exact) mass is 408 g/mol. The zero-order valence-corrected chi connectivity index (χ0v) is 17.2. The molecule has 4 N–H and O–H groups in total. The van der Waals surface area contributed by atoms with Gasteiger partial charge in [-0.2, -0.15) is 11.8 Å². The fourth-order valence-electron chi connectivity index (χ4n) is 3.76. The standard InChI is InChI=1S/C22H32O5S/c1-15-8-10-16(11-9-15)12-17(23)14-28-22-18(19(24)13-20(22)25)6-4-2-3-5-7-21(26)27/h5,7-11,17-20,22-25H,2-4,6,12-14H2,1H3,(H,26,27)/t17?,18-,19?,20?,22+/m0/s1. The number of hydrogen-bond donors (Lipinski definition) is 4. The van der Waals surface area contributed by atoms with Crippen LogP contribution in [0.15, 0.2) is 36.4 Å². The molecule has 0 spiro atoms. The van der Waals surface area contributed by atoms with E-state index in [9.17, 15) is 20.1 Å². The van der Waals surface area contributed by atoms with Gasteiger partial charge in [0.1, 0.15) is 0 Å². The van der Waals surface area contributed by atoms with Crippen LogP contribution in [-0.2, 0) is 11.2 Å². The Morgan fingerprint density at radius 3 is 2.61 bits per heavy atom. The summed E-state index contributed by atoms with van der Waals surface area (Å²) < 4.78 is 0. The molecule has 28 heavy (non-hydrogen) atoms. The first-order valence-electron chi connectivity index (χ1n) is 9.97. The summed E-state index contributed by atoms with van der Waals surface area (Å²) in [5.41, 5.74) is 2.29. The lowest BCUT2D eigenvalue weighted by Gasteiger charge is -2.24. The summed E-state index contributed by atoms with van der Waals surface area (Å²) in [6.45, 7) is 2.03. The Labute approximate surface area is 171 Å². The highest BCUT2D eigenvalue weighted by atomic mass is 32.2. The van der Waals surface area contributed by atoms with Crippen molar-refractivity contribution in [1.29, 1.82) is 0 Å². The van der Waals surface area contributed by atoms with E-state index >= 15 is 0 Å². The lowest BCUT2D eigenvalue weighted by atomic mass is 9.97. The number of aliphatic carboxylic acids is 1. The Morgan fingerprint density at radius 2 is 1.93 bits per heavy atom. The molecule has 0 radical (unpaired) electrons. The second-order valence-corrected chi connectivity index (χ2v) is 8.91. The average molecular weight is 409 g/mol. The number of rotatable bonds is 11. The van der Waals surface area contributed by atoms with Crippen LogP contribution < -0.4 is 0 Å². The summed E-state index contributed by atoms with van der Waals surface area (Å²) in [5.74, 6) is -0.398. The zero-order valence-electron chi connectivity index (χ0n) is 16.4. The summed E-state index contributed by atoms with van der Waals surface area (Å²) in [6.07, 6.45) is 5.44. The average Bonchev–Trinajstić information content (AvgIpc) is 2.91. The van der Waals surface area contributed by atoms with Gasteiger partial charge in [0, 0.05) is 23.5 Å². The maximum absolute atomic E-state index is 10.4. The molecule has 0 bridgehead atoms. The van der Waals surface area contributed by atoms with E-state index in [1.807, 2.05) is 31.2 Å². The van der Waals surface area contributed by atoms with Gasteiger partial charge < -0.3 is 20.4 Å². The van der Waals surface area contributed by atoms with Gasteiger partial charge in [-0.1, -0.05) is 42.3 Å². The predicted octanol–water partition coefficient (Wildman–Crippen LogP) is 2.94. The van der Waals surface area contributed by atoms with Crippen LogP contribution in [0.3, 0.4) is 0 Å². The minimum atomic E-state index is -0.935. The molecular weight excluding hydrogens is 376 g/mol. The molecule has 5 nitrogen and oxygen atoms in total. The Bertz CT molecular complexity index is 630. The number of aliphatic hydroxyl groups excluding tert-OH is 3. The van der Waals surface area contributed by atoms with Gasteiger partial charge in [0.2, 0.25) is 0 Å². The van der Waals surface area contributed by atoms with Crippen molar-refractivity contribution in [3.05, 3.63) is 47.5 Å². The van der Waals surface area contributed by atoms with Crippen molar-refractivity contribution in [2.45, 2.75) is 69.0 Å². The molecule has 1 saturated carbocycles. The first-order chi connectivity index (χ1) is 13.4. The van der Waals surface area contributed by atoms with Gasteiger partial charge in [0.05, 0.1) is 18.3 Å². The lowest BCUT2D eigenvalue weighted by Crippen LogP contribution is -2.27. The number of hydrogen-bond acceptors (Lipinski definition) is 5. The van der Waals surface area contributed by atoms with E-state index in [0.717, 1.165) is 30.9 Å². The predicted molar refractivity (Wildman–Crippen MR) is 113 cm³/mol. The van der Waals surface area contributed by atoms with Gasteiger partial charge in [0.25, 0.3) is 0 Å². The number of allylic oxidation sites excluding steroid dienone is 1. The molecule has 0 aliphatic heterocycles. The molecule has 156 valence electrons. The quantitative estimate of drug-likeness (QED) is 0.332. The van der Waals surface area contributed by atoms with Gasteiger partial charge in [-0.25, -0.2) is 4.79 Å². The van der Waals surface area contributed by atoms with Crippen molar-refractivity contribution in [2.24, 2.45) is 5.92 Å². The summed E-state index contributed by atoms with van der Waals surface area (Å²) >= 11 is 1.55. The molecule has 1 fully saturated rings. The second kappa shape index (κ2) is 11.6. The highest BCUT2D eigenvalue weighted by molar-refractivity contribution is 8.00. The van der Waals surface area contributed by atoms with Crippen LogP contribution in [0.4, 0.5) is 0 Å². The minimum absolute atomic E-state index is 0.00929. The number of carbonyl (C=O) groups is 1. The molecule has 1 aliphatic carbocycles. The fourth-order valence-corrected chi connectivity index (χ4v) is 5.22. The molecule has 1 aliphatic rings. The number of unbranched alkanes of at least 4 members (excludes halogenated alkanes) is 2. The molecule has 2 rings (SSSR count). The summed E-state index contributed by atoms with van der Waals surface area (Å²) in [7, 11) is 0. The Kier molecular flexibility index (Phi) is 9.51. The maximum Gasteiger partial charge on any atom is 0.327 e. The van der Waals surface area contributed by atoms with Crippen molar-refractivity contribution in [3.8, 4) is 0 Å². The molecule has 0 aromatic heterocycles. The van der Waals surface area contributed by atoms with Crippen molar-refractivity contribution in [2.75, 3.05) is 5.75 Å². The van der Waals surface area contributed by atoms with E-state index in [-0.39, 0.29) is 11.2 Å². The van der Waals surface area contributed by atoms with Gasteiger partial charge in [-0.05, 0) is 44.1 Å². The maximum atomic E-state index is 10.4. The molecule has 5 atom stereocenters. The molecule has 3 unspecified atom stereocenters. The third-order valence-electron chi connectivity index (χ3n) is 5.27. The number of benzene rings is 1. The molecule has 0 heterocycles. The number of aliphatic hydroxyl groups is 3. The topological polar surface area (TPSA) is 98.0 Å². The normalized spacial score (nSPS) is 26.0. The van der Waals surface area contributed by atoms with Crippen LogP contribution in [0.2, 0.25) is 0 Å². The van der Waals surface area contributed by atoms with Crippen molar-refractivity contribution < 1.29 is 25.2 Å². The first kappa shape index (κ1) is 22.9. The molecule has 1 aromatic rings. The van der Waals surface area contributed by atoms with Gasteiger partial charge in [-0.15, -0.1) is 0 Å². The van der Waals surface area contributed by atoms with Gasteiger partial charge >= 0.3 is 5.97 Å². The number of carboxylic acid groups (broad SMARTS) is 1. The fraction of sp³-hybridized carbons (Fsp3) is 0.591. The minimum Gasteiger partial charge on any atom is -0.478 e. The van der Waals surface area contributed by atoms with Crippen molar-refractivity contribution >= 4 is 17.7 Å². The first-order valence-corrected chi connectivity index (χ1v) is 11.0. The number of thioether (sulfide) groups is 1. The third kappa shape index (κ3) is 7.59. The Balaban J connectivity index is 1.77. The van der Waals surface area contributed by atoms with Gasteiger partial charge in [0.15, 0.2) is 0 Å². The van der Waals surface area contributed by atoms with Crippen LogP contribution in [0.5, 0.6) is 0 Å². The largest absolute Gasteiger partial charge is 0.478 e. The molecule has 0 amide bonds.